The Morgan fingerprint density at radius 1 is 1.44 bits per heavy atom. The number of nitrogens with zero attached hydrogens (tertiary/aromatic N) is 2. The van der Waals surface area contributed by atoms with E-state index < -0.39 is 0 Å². The highest BCUT2D eigenvalue weighted by molar-refractivity contribution is 7.07. The number of aromatic nitrogens is 1. The molecule has 0 unspecified atom stereocenters. The number of hydrogen-bond acceptors (Lipinski definition) is 4. The van der Waals surface area contributed by atoms with Crippen molar-refractivity contribution in [3.05, 3.63) is 45.8 Å². The lowest BCUT2D eigenvalue weighted by molar-refractivity contribution is 0.893. The third-order valence-electron chi connectivity index (χ3n) is 2.67. The molecule has 0 atom stereocenters. The molecule has 0 saturated heterocycles. The maximum absolute atomic E-state index is 7.60. The van der Waals surface area contributed by atoms with Gasteiger partial charge < -0.3 is 10.6 Å². The fraction of sp³-hybridized carbons (Fsp3) is 0.231. The smallest absolute Gasteiger partial charge is 0.139 e. The average molecular weight is 260 g/mol. The Balaban J connectivity index is 2.31. The summed E-state index contributed by atoms with van der Waals surface area (Å²) in [5.74, 6) is 0.809. The van der Waals surface area contributed by atoms with E-state index in [1.165, 1.54) is 5.56 Å². The van der Waals surface area contributed by atoms with E-state index in [4.69, 9.17) is 11.1 Å². The number of hydrogen-bond donors (Lipinski definition) is 2. The number of nitrogen functional groups attached to an aromatic ring is 1. The van der Waals surface area contributed by atoms with Crippen LogP contribution in [0.25, 0.3) is 0 Å². The Bertz CT molecular complexity index is 548. The van der Waals surface area contributed by atoms with Gasteiger partial charge in [-0.15, -0.1) is 0 Å². The summed E-state index contributed by atoms with van der Waals surface area (Å²) in [5.41, 5.74) is 8.43. The van der Waals surface area contributed by atoms with Gasteiger partial charge in [0.1, 0.15) is 11.7 Å². The Labute approximate surface area is 111 Å². The van der Waals surface area contributed by atoms with Crippen LogP contribution in [0.5, 0.6) is 0 Å². The van der Waals surface area contributed by atoms with Crippen molar-refractivity contribution in [2.75, 3.05) is 11.9 Å². The predicted octanol–water partition coefficient (Wildman–Crippen LogP) is 2.37. The molecule has 0 fully saturated rings. The fourth-order valence-electron chi connectivity index (χ4n) is 1.78. The van der Waals surface area contributed by atoms with Crippen molar-refractivity contribution < 1.29 is 0 Å². The van der Waals surface area contributed by atoms with Crippen LogP contribution in [0.1, 0.15) is 16.8 Å². The Morgan fingerprint density at radius 3 is 2.83 bits per heavy atom. The van der Waals surface area contributed by atoms with E-state index in [1.54, 1.807) is 11.3 Å². The third-order valence-corrected chi connectivity index (χ3v) is 3.40. The molecule has 3 N–H and O–H groups in total. The number of amidine groups is 1. The summed E-state index contributed by atoms with van der Waals surface area (Å²) < 4.78 is 0. The highest BCUT2D eigenvalue weighted by atomic mass is 32.1. The maximum Gasteiger partial charge on any atom is 0.139 e. The predicted molar refractivity (Wildman–Crippen MR) is 76.4 cm³/mol. The minimum Gasteiger partial charge on any atom is -0.384 e. The first kappa shape index (κ1) is 12.6. The van der Waals surface area contributed by atoms with Crippen LogP contribution >= 0.6 is 11.3 Å². The lowest BCUT2D eigenvalue weighted by Crippen LogP contribution is -2.23. The van der Waals surface area contributed by atoms with Crippen LogP contribution < -0.4 is 10.6 Å². The molecular weight excluding hydrogens is 244 g/mol. The van der Waals surface area contributed by atoms with Crippen molar-refractivity contribution in [3.8, 4) is 0 Å². The molecule has 0 aliphatic rings. The molecule has 4 nitrogen and oxygen atoms in total. The van der Waals surface area contributed by atoms with Gasteiger partial charge in [0.15, 0.2) is 0 Å². The van der Waals surface area contributed by atoms with Crippen LogP contribution in [0.3, 0.4) is 0 Å². The molecule has 2 aromatic heterocycles. The fourth-order valence-corrected chi connectivity index (χ4v) is 2.44. The van der Waals surface area contributed by atoms with Gasteiger partial charge in [-0.25, -0.2) is 4.98 Å². The van der Waals surface area contributed by atoms with Crippen molar-refractivity contribution in [1.29, 1.82) is 5.41 Å². The number of aryl methyl sites for hydroxylation is 1. The number of nitrogens with two attached hydrogens (primary N) is 1. The largest absolute Gasteiger partial charge is 0.384 e. The van der Waals surface area contributed by atoms with Crippen LogP contribution in [0.4, 0.5) is 5.82 Å². The van der Waals surface area contributed by atoms with Crippen LogP contribution in [-0.4, -0.2) is 17.9 Å². The lowest BCUT2D eigenvalue weighted by Gasteiger charge is -2.20. The summed E-state index contributed by atoms with van der Waals surface area (Å²) in [6.45, 7) is 2.70. The molecule has 94 valence electrons. The van der Waals surface area contributed by atoms with Crippen molar-refractivity contribution in [2.45, 2.75) is 13.5 Å². The molecule has 0 spiro atoms. The lowest BCUT2D eigenvalue weighted by atomic mass is 10.2. The van der Waals surface area contributed by atoms with Gasteiger partial charge in [0.05, 0.1) is 5.56 Å². The molecule has 0 radical (unpaired) electrons. The van der Waals surface area contributed by atoms with Crippen LogP contribution in [0.2, 0.25) is 0 Å². The Morgan fingerprint density at radius 2 is 2.22 bits per heavy atom. The average Bonchev–Trinajstić information content (AvgIpc) is 2.81. The maximum atomic E-state index is 7.60. The van der Waals surface area contributed by atoms with Gasteiger partial charge in [-0.3, -0.25) is 5.41 Å². The highest BCUT2D eigenvalue weighted by Crippen LogP contribution is 2.19. The second-order valence-electron chi connectivity index (χ2n) is 4.23. The summed E-state index contributed by atoms with van der Waals surface area (Å²) in [7, 11) is 1.96. The van der Waals surface area contributed by atoms with E-state index in [1.807, 2.05) is 31.0 Å². The van der Waals surface area contributed by atoms with E-state index in [9.17, 15) is 0 Å². The van der Waals surface area contributed by atoms with E-state index in [-0.39, 0.29) is 5.84 Å². The number of nitrogens with one attached hydrogen (secondary N) is 1. The minimum absolute atomic E-state index is 0.0506. The van der Waals surface area contributed by atoms with Crippen LogP contribution in [0.15, 0.2) is 29.0 Å². The topological polar surface area (TPSA) is 66.0 Å². The van der Waals surface area contributed by atoms with Crippen LogP contribution in [0, 0.1) is 12.3 Å². The first-order valence-corrected chi connectivity index (χ1v) is 6.56. The van der Waals surface area contributed by atoms with E-state index >= 15 is 0 Å². The van der Waals surface area contributed by atoms with Crippen molar-refractivity contribution in [2.24, 2.45) is 5.73 Å². The monoisotopic (exact) mass is 260 g/mol. The van der Waals surface area contributed by atoms with Gasteiger partial charge in [0, 0.05) is 19.3 Å². The van der Waals surface area contributed by atoms with E-state index in [0.29, 0.717) is 5.56 Å². The number of anilines is 1. The molecule has 2 heterocycles. The number of rotatable bonds is 4. The standard InChI is InChI=1S/C13H16N4S/c1-9-3-4-11(12(14)15)13(16-9)17(2)7-10-5-6-18-8-10/h3-6,8H,7H2,1-2H3,(H3,14,15). The first-order chi connectivity index (χ1) is 8.58. The summed E-state index contributed by atoms with van der Waals surface area (Å²) >= 11 is 1.68. The zero-order chi connectivity index (χ0) is 13.1. The zero-order valence-electron chi connectivity index (χ0n) is 10.5. The van der Waals surface area contributed by atoms with Crippen molar-refractivity contribution >= 4 is 23.0 Å². The molecular formula is C13H16N4S. The summed E-state index contributed by atoms with van der Waals surface area (Å²) in [5, 5.41) is 11.8. The first-order valence-electron chi connectivity index (χ1n) is 5.62. The van der Waals surface area contributed by atoms with Crippen LogP contribution in [-0.2, 0) is 6.54 Å². The quantitative estimate of drug-likeness (QED) is 0.655. The SMILES string of the molecule is Cc1ccc(C(=N)N)c(N(C)Cc2ccsc2)n1. The molecule has 2 rings (SSSR count). The molecule has 0 bridgehead atoms. The van der Waals surface area contributed by atoms with Gasteiger partial charge in [-0.05, 0) is 41.4 Å². The summed E-state index contributed by atoms with van der Waals surface area (Å²) in [6, 6.07) is 5.81. The molecule has 0 aliphatic heterocycles. The normalized spacial score (nSPS) is 10.3. The van der Waals surface area contributed by atoms with Gasteiger partial charge >= 0.3 is 0 Å². The molecule has 0 saturated carbocycles. The number of pyridine rings is 1. The molecule has 0 aromatic carbocycles. The number of thiophene rings is 1. The molecule has 0 aliphatic carbocycles. The van der Waals surface area contributed by atoms with Gasteiger partial charge in [-0.2, -0.15) is 11.3 Å². The van der Waals surface area contributed by atoms with Gasteiger partial charge in [0.2, 0.25) is 0 Å². The van der Waals surface area contributed by atoms with Gasteiger partial charge in [0.25, 0.3) is 0 Å². The second kappa shape index (κ2) is 5.18. The molecule has 0 amide bonds. The minimum atomic E-state index is 0.0506. The van der Waals surface area contributed by atoms with E-state index in [2.05, 4.69) is 21.8 Å². The highest BCUT2D eigenvalue weighted by Gasteiger charge is 2.12. The third kappa shape index (κ3) is 2.68. The molecule has 18 heavy (non-hydrogen) atoms. The Hall–Kier alpha value is -1.88. The van der Waals surface area contributed by atoms with Crippen molar-refractivity contribution in [1.82, 2.24) is 4.98 Å². The van der Waals surface area contributed by atoms with E-state index in [0.717, 1.165) is 18.1 Å². The molecule has 5 heteroatoms. The summed E-state index contributed by atoms with van der Waals surface area (Å²) in [6.07, 6.45) is 0. The van der Waals surface area contributed by atoms with Gasteiger partial charge in [-0.1, -0.05) is 0 Å². The van der Waals surface area contributed by atoms with Crippen molar-refractivity contribution in [3.63, 3.8) is 0 Å². The second-order valence-corrected chi connectivity index (χ2v) is 5.01. The summed E-state index contributed by atoms with van der Waals surface area (Å²) in [4.78, 5) is 6.50. The Kier molecular flexibility index (Phi) is 3.62. The zero-order valence-corrected chi connectivity index (χ0v) is 11.3. The molecule has 2 aromatic rings.